The van der Waals surface area contributed by atoms with Crippen molar-refractivity contribution in [1.82, 2.24) is 10.3 Å². The Kier molecular flexibility index (Phi) is 5.26. The molecule has 2 amide bonds. The minimum atomic E-state index is -1.10. The summed E-state index contributed by atoms with van der Waals surface area (Å²) in [5.74, 6) is -0.160. The van der Waals surface area contributed by atoms with E-state index in [1.165, 1.54) is 6.92 Å². The first-order valence-electron chi connectivity index (χ1n) is 10.7. The molecule has 2 atom stereocenters. The monoisotopic (exact) mass is 452 g/mol. The number of nitrogens with one attached hydrogen (secondary N) is 1. The molecule has 1 fully saturated rings. The van der Waals surface area contributed by atoms with Crippen LogP contribution < -0.4 is 10.2 Å². The molecular weight excluding hydrogens is 428 g/mol. The molecule has 33 heavy (non-hydrogen) atoms. The third-order valence-corrected chi connectivity index (χ3v) is 6.34. The summed E-state index contributed by atoms with van der Waals surface area (Å²) in [5, 5.41) is 25.6. The minimum absolute atomic E-state index is 0.145. The zero-order chi connectivity index (χ0) is 23.2. The average molecular weight is 452 g/mol. The second-order valence-electron chi connectivity index (χ2n) is 8.58. The first-order chi connectivity index (χ1) is 15.9. The maximum absolute atomic E-state index is 12.4. The van der Waals surface area contributed by atoms with Gasteiger partial charge in [0.1, 0.15) is 11.8 Å². The van der Waals surface area contributed by atoms with Crippen LogP contribution in [-0.4, -0.2) is 70.4 Å². The van der Waals surface area contributed by atoms with E-state index in [4.69, 9.17) is 9.57 Å². The van der Waals surface area contributed by atoms with Crippen LogP contribution in [-0.2, 0) is 20.8 Å². The zero-order valence-electron chi connectivity index (χ0n) is 18.0. The predicted molar refractivity (Wildman–Crippen MR) is 118 cm³/mol. The van der Waals surface area contributed by atoms with Gasteiger partial charge >= 0.3 is 6.09 Å². The SMILES string of the molecule is CC(=O)NC[C@@H]1OC(=O)N2c3ccc(-c4ccc(C5=NOC(CO)(CO)C5)nc4)cc3CC12. The Hall–Kier alpha value is -3.50. The summed E-state index contributed by atoms with van der Waals surface area (Å²) in [6, 6.07) is 9.50. The predicted octanol–water partition coefficient (Wildman–Crippen LogP) is 0.982. The second kappa shape index (κ2) is 8.13. The van der Waals surface area contributed by atoms with Gasteiger partial charge in [-0.15, -0.1) is 0 Å². The van der Waals surface area contributed by atoms with Gasteiger partial charge in [-0.1, -0.05) is 17.3 Å². The Morgan fingerprint density at radius 2 is 2.03 bits per heavy atom. The molecule has 2 aromatic rings. The molecule has 10 heteroatoms. The van der Waals surface area contributed by atoms with E-state index in [1.54, 1.807) is 11.1 Å². The summed E-state index contributed by atoms with van der Waals surface area (Å²) in [6.45, 7) is 1.06. The molecule has 0 saturated carbocycles. The molecule has 3 N–H and O–H groups in total. The van der Waals surface area contributed by atoms with E-state index in [1.807, 2.05) is 30.3 Å². The number of anilines is 1. The molecule has 1 aromatic heterocycles. The number of hydrogen-bond acceptors (Lipinski definition) is 8. The number of aromatic nitrogens is 1. The Bertz CT molecular complexity index is 1130. The lowest BCUT2D eigenvalue weighted by atomic mass is 9.97. The lowest BCUT2D eigenvalue weighted by molar-refractivity contribution is -0.119. The highest BCUT2D eigenvalue weighted by Gasteiger charge is 2.47. The molecule has 3 aliphatic heterocycles. The molecular formula is C23H24N4O6. The number of aliphatic hydroxyl groups is 2. The number of carbonyl (C=O) groups excluding carboxylic acids is 2. The van der Waals surface area contributed by atoms with Crippen molar-refractivity contribution in [2.24, 2.45) is 5.16 Å². The molecule has 0 spiro atoms. The number of carbonyl (C=O) groups is 2. The fraction of sp³-hybridized carbons (Fsp3) is 0.391. The van der Waals surface area contributed by atoms with E-state index in [0.717, 1.165) is 22.4 Å². The molecule has 1 saturated heterocycles. The first-order valence-corrected chi connectivity index (χ1v) is 10.7. The minimum Gasteiger partial charge on any atom is -0.442 e. The number of aliphatic hydroxyl groups excluding tert-OH is 2. The summed E-state index contributed by atoms with van der Waals surface area (Å²) in [6.07, 6.45) is 1.87. The first kappa shape index (κ1) is 21.4. The van der Waals surface area contributed by atoms with Gasteiger partial charge in [0.2, 0.25) is 5.91 Å². The molecule has 0 bridgehead atoms. The van der Waals surface area contributed by atoms with Crippen LogP contribution in [0.5, 0.6) is 0 Å². The van der Waals surface area contributed by atoms with Gasteiger partial charge in [-0.25, -0.2) is 4.79 Å². The van der Waals surface area contributed by atoms with Crippen molar-refractivity contribution in [2.45, 2.75) is 37.5 Å². The van der Waals surface area contributed by atoms with Crippen molar-refractivity contribution < 1.29 is 29.4 Å². The standard InChI is InChI=1S/C23H24N4O6/c1-13(30)24-10-21-20-7-16-6-14(3-5-19(16)27(20)22(31)32-21)15-2-4-17(25-9-15)18-8-23(11-28,12-29)33-26-18/h2-6,9,20-21,28-29H,7-8,10-12H2,1H3,(H,24,30)/t20?,21-/m0/s1. The van der Waals surface area contributed by atoms with Crippen LogP contribution in [0.1, 0.15) is 24.6 Å². The number of fused-ring (bicyclic) bond motifs is 3. The average Bonchev–Trinajstić information content (AvgIpc) is 3.51. The maximum Gasteiger partial charge on any atom is 0.415 e. The Morgan fingerprint density at radius 1 is 1.24 bits per heavy atom. The Morgan fingerprint density at radius 3 is 2.70 bits per heavy atom. The topological polar surface area (TPSA) is 134 Å². The van der Waals surface area contributed by atoms with E-state index in [0.29, 0.717) is 17.8 Å². The van der Waals surface area contributed by atoms with Crippen molar-refractivity contribution in [3.8, 4) is 11.1 Å². The summed E-state index contributed by atoms with van der Waals surface area (Å²) >= 11 is 0. The van der Waals surface area contributed by atoms with Crippen LogP contribution >= 0.6 is 0 Å². The lowest BCUT2D eigenvalue weighted by Crippen LogP contribution is -2.40. The van der Waals surface area contributed by atoms with E-state index in [2.05, 4.69) is 15.5 Å². The van der Waals surface area contributed by atoms with Gasteiger partial charge in [0.25, 0.3) is 0 Å². The van der Waals surface area contributed by atoms with Gasteiger partial charge < -0.3 is 25.1 Å². The van der Waals surface area contributed by atoms with Gasteiger partial charge in [-0.3, -0.25) is 14.7 Å². The van der Waals surface area contributed by atoms with Crippen molar-refractivity contribution in [1.29, 1.82) is 0 Å². The quantitative estimate of drug-likeness (QED) is 0.595. The van der Waals surface area contributed by atoms with Gasteiger partial charge in [0.15, 0.2) is 5.60 Å². The van der Waals surface area contributed by atoms with E-state index < -0.39 is 17.8 Å². The van der Waals surface area contributed by atoms with Crippen molar-refractivity contribution >= 4 is 23.4 Å². The third-order valence-electron chi connectivity index (χ3n) is 6.34. The number of hydrogen-bond donors (Lipinski definition) is 3. The lowest BCUT2D eigenvalue weighted by Gasteiger charge is -2.20. The fourth-order valence-corrected chi connectivity index (χ4v) is 4.49. The summed E-state index contributed by atoms with van der Waals surface area (Å²) in [4.78, 5) is 35.1. The number of oxime groups is 1. The summed E-state index contributed by atoms with van der Waals surface area (Å²) in [7, 11) is 0. The number of nitrogens with zero attached hydrogens (tertiary/aromatic N) is 3. The summed E-state index contributed by atoms with van der Waals surface area (Å²) < 4.78 is 5.45. The molecule has 3 aliphatic rings. The normalized spacial score (nSPS) is 22.3. The number of rotatable bonds is 6. The highest BCUT2D eigenvalue weighted by Crippen LogP contribution is 2.40. The Balaban J connectivity index is 1.33. The van der Waals surface area contributed by atoms with Gasteiger partial charge in [0.05, 0.1) is 37.2 Å². The van der Waals surface area contributed by atoms with Gasteiger partial charge in [-0.2, -0.15) is 0 Å². The van der Waals surface area contributed by atoms with Crippen LogP contribution in [0.2, 0.25) is 0 Å². The van der Waals surface area contributed by atoms with E-state index in [9.17, 15) is 19.8 Å². The highest BCUT2D eigenvalue weighted by molar-refractivity contribution is 6.00. The molecule has 0 radical (unpaired) electrons. The number of benzene rings is 1. The Labute approximate surface area is 189 Å². The number of pyridine rings is 1. The zero-order valence-corrected chi connectivity index (χ0v) is 18.0. The molecule has 1 unspecified atom stereocenters. The molecule has 0 aliphatic carbocycles. The van der Waals surface area contributed by atoms with Gasteiger partial charge in [-0.05, 0) is 35.7 Å². The summed E-state index contributed by atoms with van der Waals surface area (Å²) in [5.41, 5.74) is 3.82. The molecule has 4 heterocycles. The number of ether oxygens (including phenoxy) is 1. The van der Waals surface area contributed by atoms with Crippen molar-refractivity contribution in [2.75, 3.05) is 24.7 Å². The second-order valence-corrected chi connectivity index (χ2v) is 8.58. The van der Waals surface area contributed by atoms with Crippen LogP contribution in [0, 0.1) is 0 Å². The molecule has 5 rings (SSSR count). The van der Waals surface area contributed by atoms with Crippen molar-refractivity contribution in [3.63, 3.8) is 0 Å². The van der Waals surface area contributed by atoms with Gasteiger partial charge in [0, 0.05) is 25.1 Å². The van der Waals surface area contributed by atoms with Crippen LogP contribution in [0.4, 0.5) is 10.5 Å². The smallest absolute Gasteiger partial charge is 0.415 e. The third kappa shape index (κ3) is 3.70. The van der Waals surface area contributed by atoms with Crippen molar-refractivity contribution in [3.05, 3.63) is 47.8 Å². The van der Waals surface area contributed by atoms with Crippen LogP contribution in [0.25, 0.3) is 11.1 Å². The van der Waals surface area contributed by atoms with E-state index >= 15 is 0 Å². The fourth-order valence-electron chi connectivity index (χ4n) is 4.49. The van der Waals surface area contributed by atoms with Crippen LogP contribution in [0.3, 0.4) is 0 Å². The highest BCUT2D eigenvalue weighted by atomic mass is 16.7. The maximum atomic E-state index is 12.4. The van der Waals surface area contributed by atoms with E-state index in [-0.39, 0.29) is 38.1 Å². The molecule has 1 aromatic carbocycles. The number of amides is 2. The van der Waals surface area contributed by atoms with Crippen LogP contribution in [0.15, 0.2) is 41.7 Å². The molecule has 10 nitrogen and oxygen atoms in total. The molecule has 172 valence electrons. The largest absolute Gasteiger partial charge is 0.442 e. The number of cyclic esters (lactones) is 1.